The standard InChI is InChI=1S/C32H34ClN5O4/c1-23-3-11-27(12-4-23)38-21-29(24-7-13-28(41-2)14-8-24)34-32(38)35-30(39)22-37(16-15-36-17-19-42-20-18-36)31(40)25-5-9-26(33)10-6-25/h3-14,21H,15-20,22H2,1-2H3,(H,34,35,39). The van der Waals surface area contributed by atoms with Crippen LogP contribution in [0.3, 0.4) is 0 Å². The van der Waals surface area contributed by atoms with Crippen molar-refractivity contribution in [3.63, 3.8) is 0 Å². The first-order chi connectivity index (χ1) is 20.4. The number of halogens is 1. The lowest BCUT2D eigenvalue weighted by Crippen LogP contribution is -2.45. The fourth-order valence-electron chi connectivity index (χ4n) is 4.72. The number of carbonyl (C=O) groups excluding carboxylic acids is 2. The molecule has 0 bridgehead atoms. The average Bonchev–Trinajstić information content (AvgIpc) is 3.43. The Kier molecular flexibility index (Phi) is 9.53. The van der Waals surface area contributed by atoms with E-state index in [4.69, 9.17) is 26.1 Å². The molecular weight excluding hydrogens is 554 g/mol. The van der Waals surface area contributed by atoms with Gasteiger partial charge in [0.15, 0.2) is 0 Å². The number of imidazole rings is 1. The zero-order chi connectivity index (χ0) is 29.5. The predicted octanol–water partition coefficient (Wildman–Crippen LogP) is 4.92. The molecule has 0 saturated carbocycles. The molecule has 1 aliphatic rings. The van der Waals surface area contributed by atoms with Crippen LogP contribution in [0.4, 0.5) is 5.95 Å². The van der Waals surface area contributed by atoms with E-state index in [1.807, 2.05) is 66.2 Å². The van der Waals surface area contributed by atoms with Crippen LogP contribution in [0.5, 0.6) is 5.75 Å². The molecule has 1 saturated heterocycles. The number of morpholine rings is 1. The number of carbonyl (C=O) groups is 2. The molecule has 0 spiro atoms. The first kappa shape index (κ1) is 29.3. The van der Waals surface area contributed by atoms with Gasteiger partial charge in [-0.15, -0.1) is 0 Å². The third kappa shape index (κ3) is 7.36. The van der Waals surface area contributed by atoms with Gasteiger partial charge in [0.1, 0.15) is 12.3 Å². The molecule has 4 aromatic rings. The maximum absolute atomic E-state index is 13.5. The Morgan fingerprint density at radius 3 is 2.36 bits per heavy atom. The van der Waals surface area contributed by atoms with Crippen LogP contribution < -0.4 is 10.1 Å². The van der Waals surface area contributed by atoms with E-state index in [0.29, 0.717) is 48.5 Å². The van der Waals surface area contributed by atoms with E-state index in [0.717, 1.165) is 35.7 Å². The maximum Gasteiger partial charge on any atom is 0.254 e. The molecule has 1 aromatic heterocycles. The van der Waals surface area contributed by atoms with E-state index in [-0.39, 0.29) is 18.4 Å². The minimum absolute atomic E-state index is 0.134. The normalized spacial score (nSPS) is 13.5. The van der Waals surface area contributed by atoms with Gasteiger partial charge in [-0.2, -0.15) is 0 Å². The molecule has 218 valence electrons. The second kappa shape index (κ2) is 13.7. The number of methoxy groups -OCH3 is 1. The number of rotatable bonds is 10. The third-order valence-electron chi connectivity index (χ3n) is 7.16. The number of nitrogens with zero attached hydrogens (tertiary/aromatic N) is 4. The van der Waals surface area contributed by atoms with Crippen molar-refractivity contribution >= 4 is 29.4 Å². The number of nitrogens with one attached hydrogen (secondary N) is 1. The molecule has 9 nitrogen and oxygen atoms in total. The van der Waals surface area contributed by atoms with E-state index >= 15 is 0 Å². The smallest absolute Gasteiger partial charge is 0.254 e. The van der Waals surface area contributed by atoms with Crippen LogP contribution in [0.25, 0.3) is 16.9 Å². The lowest BCUT2D eigenvalue weighted by molar-refractivity contribution is -0.117. The molecule has 0 atom stereocenters. The lowest BCUT2D eigenvalue weighted by atomic mass is 10.1. The minimum Gasteiger partial charge on any atom is -0.497 e. The molecule has 5 rings (SSSR count). The van der Waals surface area contributed by atoms with Gasteiger partial charge in [-0.25, -0.2) is 4.98 Å². The van der Waals surface area contributed by atoms with Crippen LogP contribution >= 0.6 is 11.6 Å². The second-order valence-corrected chi connectivity index (χ2v) is 10.6. The zero-order valence-electron chi connectivity index (χ0n) is 23.8. The van der Waals surface area contributed by atoms with Crippen molar-refractivity contribution in [2.24, 2.45) is 0 Å². The van der Waals surface area contributed by atoms with Crippen molar-refractivity contribution in [3.05, 3.63) is 95.1 Å². The van der Waals surface area contributed by atoms with Gasteiger partial charge in [0.25, 0.3) is 5.91 Å². The third-order valence-corrected chi connectivity index (χ3v) is 7.41. The summed E-state index contributed by atoms with van der Waals surface area (Å²) >= 11 is 6.05. The Labute approximate surface area is 250 Å². The number of hydrogen-bond acceptors (Lipinski definition) is 6. The lowest BCUT2D eigenvalue weighted by Gasteiger charge is -2.30. The zero-order valence-corrected chi connectivity index (χ0v) is 24.5. The summed E-state index contributed by atoms with van der Waals surface area (Å²) < 4.78 is 12.6. The van der Waals surface area contributed by atoms with Crippen LogP contribution in [0.1, 0.15) is 15.9 Å². The summed E-state index contributed by atoms with van der Waals surface area (Å²) in [4.78, 5) is 35.6. The van der Waals surface area contributed by atoms with Crippen molar-refractivity contribution in [2.75, 3.05) is 58.4 Å². The van der Waals surface area contributed by atoms with Gasteiger partial charge in [0, 0.05) is 54.2 Å². The second-order valence-electron chi connectivity index (χ2n) is 10.1. The highest BCUT2D eigenvalue weighted by Gasteiger charge is 2.22. The first-order valence-corrected chi connectivity index (χ1v) is 14.2. The first-order valence-electron chi connectivity index (χ1n) is 13.9. The van der Waals surface area contributed by atoms with Crippen molar-refractivity contribution in [1.29, 1.82) is 0 Å². The number of hydrogen-bond donors (Lipinski definition) is 1. The van der Waals surface area contributed by atoms with E-state index in [1.54, 1.807) is 36.3 Å². The van der Waals surface area contributed by atoms with Gasteiger partial charge < -0.3 is 14.4 Å². The Balaban J connectivity index is 1.38. The summed E-state index contributed by atoms with van der Waals surface area (Å²) in [6, 6.07) is 22.2. The summed E-state index contributed by atoms with van der Waals surface area (Å²) in [5.74, 6) is 0.518. The number of ether oxygens (including phenoxy) is 2. The molecule has 0 unspecified atom stereocenters. The monoisotopic (exact) mass is 587 g/mol. The van der Waals surface area contributed by atoms with Crippen LogP contribution in [0.15, 0.2) is 79.0 Å². The van der Waals surface area contributed by atoms with Crippen LogP contribution in [0, 0.1) is 6.92 Å². The Morgan fingerprint density at radius 2 is 1.69 bits per heavy atom. The number of amides is 2. The van der Waals surface area contributed by atoms with Gasteiger partial charge in [0.05, 0.1) is 26.0 Å². The summed E-state index contributed by atoms with van der Waals surface area (Å²) in [6.07, 6.45) is 1.89. The molecule has 3 aromatic carbocycles. The predicted molar refractivity (Wildman–Crippen MR) is 164 cm³/mol. The van der Waals surface area contributed by atoms with E-state index < -0.39 is 0 Å². The minimum atomic E-state index is -0.348. The molecule has 2 amide bonds. The number of benzene rings is 3. The van der Waals surface area contributed by atoms with E-state index in [9.17, 15) is 9.59 Å². The Morgan fingerprint density at radius 1 is 1.00 bits per heavy atom. The van der Waals surface area contributed by atoms with Crippen LogP contribution in [0.2, 0.25) is 5.02 Å². The molecular formula is C32H34ClN5O4. The maximum atomic E-state index is 13.5. The fraction of sp³-hybridized carbons (Fsp3) is 0.281. The summed E-state index contributed by atoms with van der Waals surface area (Å²) in [5, 5.41) is 3.50. The van der Waals surface area contributed by atoms with Gasteiger partial charge in [0.2, 0.25) is 11.9 Å². The van der Waals surface area contributed by atoms with E-state index in [1.165, 1.54) is 0 Å². The highest BCUT2D eigenvalue weighted by Crippen LogP contribution is 2.26. The highest BCUT2D eigenvalue weighted by molar-refractivity contribution is 6.30. The Hall–Kier alpha value is -4.18. The molecule has 42 heavy (non-hydrogen) atoms. The molecule has 1 fully saturated rings. The summed E-state index contributed by atoms with van der Waals surface area (Å²) in [6.45, 7) is 5.80. The summed E-state index contributed by atoms with van der Waals surface area (Å²) in [5.41, 5.74) is 4.01. The van der Waals surface area contributed by atoms with Gasteiger partial charge in [-0.05, 0) is 67.6 Å². The molecule has 0 aliphatic carbocycles. The van der Waals surface area contributed by atoms with E-state index in [2.05, 4.69) is 10.2 Å². The largest absolute Gasteiger partial charge is 0.497 e. The summed E-state index contributed by atoms with van der Waals surface area (Å²) in [7, 11) is 1.62. The molecule has 2 heterocycles. The molecule has 1 N–H and O–H groups in total. The van der Waals surface area contributed by atoms with Gasteiger partial charge >= 0.3 is 0 Å². The number of anilines is 1. The van der Waals surface area contributed by atoms with Crippen LogP contribution in [-0.4, -0.2) is 84.2 Å². The average molecular weight is 588 g/mol. The van der Waals surface area contributed by atoms with Crippen LogP contribution in [-0.2, 0) is 9.53 Å². The molecule has 1 aliphatic heterocycles. The highest BCUT2D eigenvalue weighted by atomic mass is 35.5. The fourth-order valence-corrected chi connectivity index (χ4v) is 4.85. The topological polar surface area (TPSA) is 88.9 Å². The van der Waals surface area contributed by atoms with Crippen molar-refractivity contribution < 1.29 is 19.1 Å². The molecule has 0 radical (unpaired) electrons. The van der Waals surface area contributed by atoms with Gasteiger partial charge in [-0.3, -0.25) is 24.4 Å². The Bertz CT molecular complexity index is 1500. The van der Waals surface area contributed by atoms with Crippen molar-refractivity contribution in [3.8, 4) is 22.7 Å². The number of aromatic nitrogens is 2. The number of aryl methyl sites for hydroxylation is 1. The SMILES string of the molecule is COc1ccc(-c2cn(-c3ccc(C)cc3)c(NC(=O)CN(CCN3CCOCC3)C(=O)c3ccc(Cl)cc3)n2)cc1. The quantitative estimate of drug-likeness (QED) is 0.283. The van der Waals surface area contributed by atoms with Gasteiger partial charge in [-0.1, -0.05) is 29.3 Å². The molecule has 10 heteroatoms. The van der Waals surface area contributed by atoms with Crippen molar-refractivity contribution in [2.45, 2.75) is 6.92 Å². The van der Waals surface area contributed by atoms with Crippen molar-refractivity contribution in [1.82, 2.24) is 19.4 Å².